The second kappa shape index (κ2) is 11.5. The van der Waals surface area contributed by atoms with Crippen LogP contribution in [0.5, 0.6) is 0 Å². The number of aliphatic hydroxyl groups is 1. The Morgan fingerprint density at radius 1 is 1.15 bits per heavy atom. The Balaban J connectivity index is 0.00000151. The number of anilines is 4. The Morgan fingerprint density at radius 2 is 1.92 bits per heavy atom. The maximum atomic E-state index is 14.3. The van der Waals surface area contributed by atoms with E-state index in [1.165, 1.54) is 12.5 Å². The fraction of sp³-hybridized carbons (Fsp3) is 0.448. The lowest BCUT2D eigenvalue weighted by Gasteiger charge is -2.38. The molecular formula is C29H36N6O4. The molecule has 2 fully saturated rings. The highest BCUT2D eigenvalue weighted by molar-refractivity contribution is 6.05. The van der Waals surface area contributed by atoms with Crippen molar-refractivity contribution < 1.29 is 14.6 Å². The second-order valence-electron chi connectivity index (χ2n) is 10.1. The van der Waals surface area contributed by atoms with Crippen LogP contribution in [0.25, 0.3) is 11.0 Å². The van der Waals surface area contributed by atoms with Crippen LogP contribution in [0.4, 0.5) is 23.0 Å². The van der Waals surface area contributed by atoms with Gasteiger partial charge < -0.3 is 25.0 Å². The number of benzene rings is 1. The highest BCUT2D eigenvalue weighted by Crippen LogP contribution is 2.40. The molecule has 206 valence electrons. The van der Waals surface area contributed by atoms with E-state index in [0.29, 0.717) is 43.6 Å². The Kier molecular flexibility index (Phi) is 7.94. The first-order valence-electron chi connectivity index (χ1n) is 13.6. The summed E-state index contributed by atoms with van der Waals surface area (Å²) in [5, 5.41) is 11.1. The van der Waals surface area contributed by atoms with E-state index in [0.717, 1.165) is 55.1 Å². The van der Waals surface area contributed by atoms with E-state index in [2.05, 4.69) is 16.9 Å². The first kappa shape index (κ1) is 26.8. The van der Waals surface area contributed by atoms with Crippen molar-refractivity contribution in [2.75, 3.05) is 48.5 Å². The molecule has 0 bridgehead atoms. The van der Waals surface area contributed by atoms with E-state index < -0.39 is 0 Å². The fourth-order valence-electron chi connectivity index (χ4n) is 5.77. The smallest absolute Gasteiger partial charge is 0.276 e. The summed E-state index contributed by atoms with van der Waals surface area (Å²) in [6.07, 6.45) is 8.46. The van der Waals surface area contributed by atoms with Crippen LogP contribution in [0.2, 0.25) is 0 Å². The number of ether oxygens (including phenoxy) is 1. The highest BCUT2D eigenvalue weighted by atomic mass is 16.5. The van der Waals surface area contributed by atoms with Crippen LogP contribution in [0, 0.1) is 6.92 Å². The first-order valence-corrected chi connectivity index (χ1v) is 13.6. The molecule has 39 heavy (non-hydrogen) atoms. The lowest BCUT2D eigenvalue weighted by Crippen LogP contribution is -2.44. The summed E-state index contributed by atoms with van der Waals surface area (Å²) in [4.78, 5) is 40.1. The topological polar surface area (TPSA) is 113 Å². The van der Waals surface area contributed by atoms with Gasteiger partial charge in [0.25, 0.3) is 11.5 Å². The van der Waals surface area contributed by atoms with Crippen LogP contribution in [0.3, 0.4) is 0 Å². The number of hydrogen-bond donors (Lipinski definition) is 2. The Labute approximate surface area is 227 Å². The molecular weight excluding hydrogens is 496 g/mol. The van der Waals surface area contributed by atoms with Crippen LogP contribution in [0.15, 0.2) is 47.9 Å². The van der Waals surface area contributed by atoms with Crippen molar-refractivity contribution in [2.24, 2.45) is 0 Å². The number of aliphatic hydroxyl groups excluding tert-OH is 1. The molecule has 6 rings (SSSR count). The van der Waals surface area contributed by atoms with Gasteiger partial charge >= 0.3 is 0 Å². The van der Waals surface area contributed by atoms with Crippen molar-refractivity contribution in [3.05, 3.63) is 59.0 Å². The summed E-state index contributed by atoms with van der Waals surface area (Å²) in [5.74, 6) is 0.383. The van der Waals surface area contributed by atoms with Gasteiger partial charge in [0.2, 0.25) is 5.95 Å². The number of carbonyl (C=O) groups is 1. The number of nitrogens with one attached hydrogen (secondary N) is 1. The van der Waals surface area contributed by atoms with Gasteiger partial charge in [0, 0.05) is 37.8 Å². The highest BCUT2D eigenvalue weighted by Gasteiger charge is 2.31. The number of nitrogens with zero attached hydrogens (tertiary/aromatic N) is 5. The maximum Gasteiger partial charge on any atom is 0.276 e. The van der Waals surface area contributed by atoms with Crippen LogP contribution in [-0.2, 0) is 9.53 Å². The van der Waals surface area contributed by atoms with E-state index in [9.17, 15) is 9.59 Å². The normalized spacial score (nSPS) is 17.6. The van der Waals surface area contributed by atoms with Gasteiger partial charge in [0.05, 0.1) is 30.6 Å². The van der Waals surface area contributed by atoms with E-state index in [-0.39, 0.29) is 23.6 Å². The van der Waals surface area contributed by atoms with E-state index in [4.69, 9.17) is 14.8 Å². The minimum Gasteiger partial charge on any atom is -0.400 e. The van der Waals surface area contributed by atoms with Gasteiger partial charge in [-0.2, -0.15) is 4.98 Å². The number of aromatic nitrogens is 3. The molecule has 1 aromatic carbocycles. The Bertz CT molecular complexity index is 1430. The zero-order chi connectivity index (χ0) is 27.5. The Hall–Kier alpha value is -3.76. The van der Waals surface area contributed by atoms with Gasteiger partial charge in [0.1, 0.15) is 11.3 Å². The summed E-state index contributed by atoms with van der Waals surface area (Å²) < 4.78 is 7.18. The number of para-hydroxylation sites is 1. The first-order chi connectivity index (χ1) is 19.0. The zero-order valence-corrected chi connectivity index (χ0v) is 22.6. The largest absolute Gasteiger partial charge is 0.400 e. The molecule has 2 aliphatic heterocycles. The number of aryl methyl sites for hydroxylation is 1. The van der Waals surface area contributed by atoms with Gasteiger partial charge in [-0.1, -0.05) is 38.0 Å². The lowest BCUT2D eigenvalue weighted by atomic mass is 9.95. The van der Waals surface area contributed by atoms with Crippen molar-refractivity contribution >= 4 is 40.0 Å². The predicted octanol–water partition coefficient (Wildman–Crippen LogP) is 3.70. The van der Waals surface area contributed by atoms with Crippen LogP contribution >= 0.6 is 0 Å². The SMILES string of the molecule is C=CC(=O)N1CCN(c2cc3cnc(NC4COC4)nc3n(C3CCCCC3)c2=O)c2cccc(C)c21.CO. The van der Waals surface area contributed by atoms with E-state index in [1.807, 2.05) is 40.7 Å². The van der Waals surface area contributed by atoms with Crippen LogP contribution < -0.4 is 20.7 Å². The molecule has 4 heterocycles. The van der Waals surface area contributed by atoms with Crippen LogP contribution in [0.1, 0.15) is 43.7 Å². The average molecular weight is 533 g/mol. The molecule has 1 amide bonds. The third-order valence-electron chi connectivity index (χ3n) is 7.72. The molecule has 10 nitrogen and oxygen atoms in total. The third kappa shape index (κ3) is 5.02. The molecule has 10 heteroatoms. The third-order valence-corrected chi connectivity index (χ3v) is 7.72. The molecule has 3 aromatic rings. The average Bonchev–Trinajstić information content (AvgIpc) is 2.95. The molecule has 2 aromatic heterocycles. The molecule has 1 saturated heterocycles. The predicted molar refractivity (Wildman–Crippen MR) is 153 cm³/mol. The summed E-state index contributed by atoms with van der Waals surface area (Å²) in [6, 6.07) is 8.13. The number of hydrogen-bond acceptors (Lipinski definition) is 8. The Morgan fingerprint density at radius 3 is 2.62 bits per heavy atom. The quantitative estimate of drug-likeness (QED) is 0.479. The molecule has 1 saturated carbocycles. The molecule has 0 unspecified atom stereocenters. The number of fused-ring (bicyclic) bond motifs is 2. The standard InChI is InChI=1S/C28H32N6O3.CH4O/c1-3-24(35)33-13-12-32(22-11-7-8-18(2)25(22)33)23-14-19-15-29-28(30-20-16-37-17-20)31-26(19)34(27(23)36)21-9-5-4-6-10-21;1-2/h3,7-8,11,14-15,20-21H,1,4-6,9-10,12-13,16-17H2,2H3,(H,29,30,31);2H,1H3. The molecule has 1 aliphatic carbocycles. The van der Waals surface area contributed by atoms with Crippen molar-refractivity contribution in [1.29, 1.82) is 0 Å². The summed E-state index contributed by atoms with van der Waals surface area (Å²) >= 11 is 0. The molecule has 2 N–H and O–H groups in total. The van der Waals surface area contributed by atoms with Crippen molar-refractivity contribution in [2.45, 2.75) is 51.1 Å². The molecule has 0 spiro atoms. The van der Waals surface area contributed by atoms with E-state index >= 15 is 0 Å². The second-order valence-corrected chi connectivity index (χ2v) is 10.1. The van der Waals surface area contributed by atoms with Crippen molar-refractivity contribution in [1.82, 2.24) is 14.5 Å². The molecule has 0 radical (unpaired) electrons. The number of carbonyl (C=O) groups excluding carboxylic acids is 1. The van der Waals surface area contributed by atoms with Gasteiger partial charge in [-0.15, -0.1) is 0 Å². The molecule has 3 aliphatic rings. The maximum absolute atomic E-state index is 14.3. The van der Waals surface area contributed by atoms with Crippen molar-refractivity contribution in [3.63, 3.8) is 0 Å². The fourth-order valence-corrected chi connectivity index (χ4v) is 5.77. The van der Waals surface area contributed by atoms with Gasteiger partial charge in [-0.25, -0.2) is 4.98 Å². The lowest BCUT2D eigenvalue weighted by molar-refractivity contribution is -0.114. The van der Waals surface area contributed by atoms with Gasteiger partial charge in [0.15, 0.2) is 0 Å². The van der Waals surface area contributed by atoms with E-state index in [1.54, 1.807) is 11.1 Å². The minimum atomic E-state index is -0.140. The van der Waals surface area contributed by atoms with Crippen molar-refractivity contribution in [3.8, 4) is 0 Å². The minimum absolute atomic E-state index is 0.0491. The number of pyridine rings is 1. The summed E-state index contributed by atoms with van der Waals surface area (Å²) in [7, 11) is 1.00. The van der Waals surface area contributed by atoms with Crippen LogP contribution in [-0.4, -0.2) is 65.0 Å². The summed E-state index contributed by atoms with van der Waals surface area (Å²) in [5.41, 5.74) is 3.85. The van der Waals surface area contributed by atoms with Gasteiger partial charge in [-0.3, -0.25) is 14.2 Å². The number of amides is 1. The molecule has 0 atom stereocenters. The monoisotopic (exact) mass is 532 g/mol. The summed E-state index contributed by atoms with van der Waals surface area (Å²) in [6.45, 7) is 7.90. The zero-order valence-electron chi connectivity index (χ0n) is 22.6. The van der Waals surface area contributed by atoms with Gasteiger partial charge in [-0.05, 0) is 43.5 Å². The number of rotatable bonds is 5.